The molecule has 0 heterocycles. The van der Waals surface area contributed by atoms with E-state index in [0.29, 0.717) is 13.0 Å². The van der Waals surface area contributed by atoms with Gasteiger partial charge in [0.2, 0.25) is 5.91 Å². The highest BCUT2D eigenvalue weighted by Gasteiger charge is 2.16. The zero-order valence-electron chi connectivity index (χ0n) is 11.5. The molecule has 20 heavy (non-hydrogen) atoms. The number of nitrogens with zero attached hydrogens (tertiary/aromatic N) is 1. The van der Waals surface area contributed by atoms with E-state index in [1.807, 2.05) is 0 Å². The fourth-order valence-electron chi connectivity index (χ4n) is 1.51. The minimum Gasteiger partial charge on any atom is -0.355 e. The fraction of sp³-hybridized carbons (Fsp3) is 0.462. The van der Waals surface area contributed by atoms with Crippen LogP contribution in [0.5, 0.6) is 0 Å². The van der Waals surface area contributed by atoms with Crippen LogP contribution in [0, 0.1) is 16.0 Å². The molecule has 3 N–H and O–H groups in total. The molecule has 0 aromatic heterocycles. The molecule has 0 aliphatic carbocycles. The third-order valence-corrected chi connectivity index (χ3v) is 3.06. The molecule has 0 radical (unpaired) electrons. The van der Waals surface area contributed by atoms with Crippen LogP contribution in [0.2, 0.25) is 0 Å². The van der Waals surface area contributed by atoms with Crippen LogP contribution in [0.4, 0.5) is 5.69 Å². The Kier molecular flexibility index (Phi) is 7.79. The highest BCUT2D eigenvalue weighted by atomic mass is 35.5. The van der Waals surface area contributed by atoms with Gasteiger partial charge in [0.15, 0.2) is 0 Å². The number of nitro groups is 1. The minimum atomic E-state index is -0.435. The zero-order chi connectivity index (χ0) is 14.4. The summed E-state index contributed by atoms with van der Waals surface area (Å²) in [5, 5.41) is 13.3. The van der Waals surface area contributed by atoms with Gasteiger partial charge in [-0.05, 0) is 18.9 Å². The Bertz CT molecular complexity index is 449. The van der Waals surface area contributed by atoms with Crippen molar-refractivity contribution in [2.75, 3.05) is 6.54 Å². The van der Waals surface area contributed by atoms with Gasteiger partial charge in [0.05, 0.1) is 4.92 Å². The Labute approximate surface area is 124 Å². The Hall–Kier alpha value is -1.66. The molecule has 0 saturated carbocycles. The molecule has 1 aromatic rings. The summed E-state index contributed by atoms with van der Waals surface area (Å²) in [4.78, 5) is 21.7. The number of hydrogen-bond acceptors (Lipinski definition) is 4. The predicted octanol–water partition coefficient (Wildman–Crippen LogP) is 1.66. The van der Waals surface area contributed by atoms with Crippen LogP contribution in [-0.4, -0.2) is 23.4 Å². The molecule has 0 aliphatic heterocycles. The van der Waals surface area contributed by atoms with E-state index in [4.69, 9.17) is 5.73 Å². The first-order valence-electron chi connectivity index (χ1n) is 6.18. The van der Waals surface area contributed by atoms with Crippen LogP contribution in [0.15, 0.2) is 24.3 Å². The van der Waals surface area contributed by atoms with Crippen molar-refractivity contribution in [2.24, 2.45) is 11.7 Å². The maximum atomic E-state index is 11.6. The van der Waals surface area contributed by atoms with Gasteiger partial charge in [-0.25, -0.2) is 0 Å². The average molecular weight is 302 g/mol. The molecular formula is C13H20ClN3O3. The van der Waals surface area contributed by atoms with Crippen LogP contribution in [0.3, 0.4) is 0 Å². The van der Waals surface area contributed by atoms with Crippen LogP contribution in [0.25, 0.3) is 0 Å². The average Bonchev–Trinajstić information content (AvgIpc) is 2.38. The van der Waals surface area contributed by atoms with Gasteiger partial charge in [-0.3, -0.25) is 14.9 Å². The molecule has 2 atom stereocenters. The van der Waals surface area contributed by atoms with E-state index in [2.05, 4.69) is 5.32 Å². The normalized spacial score (nSPS) is 12.9. The molecule has 2 unspecified atom stereocenters. The lowest BCUT2D eigenvalue weighted by molar-refractivity contribution is -0.384. The minimum absolute atomic E-state index is 0. The number of nitrogens with one attached hydrogen (secondary N) is 1. The zero-order valence-corrected chi connectivity index (χ0v) is 12.4. The number of nitrogens with two attached hydrogens (primary N) is 1. The molecule has 6 nitrogen and oxygen atoms in total. The van der Waals surface area contributed by atoms with Gasteiger partial charge in [-0.2, -0.15) is 0 Å². The molecule has 0 fully saturated rings. The molecule has 1 rings (SSSR count). The summed E-state index contributed by atoms with van der Waals surface area (Å²) in [7, 11) is 0. The van der Waals surface area contributed by atoms with E-state index in [1.54, 1.807) is 26.0 Å². The van der Waals surface area contributed by atoms with E-state index in [9.17, 15) is 14.9 Å². The summed E-state index contributed by atoms with van der Waals surface area (Å²) in [5.74, 6) is -0.297. The van der Waals surface area contributed by atoms with Crippen molar-refractivity contribution in [1.82, 2.24) is 5.32 Å². The van der Waals surface area contributed by atoms with Crippen molar-refractivity contribution in [3.63, 3.8) is 0 Å². The number of nitro benzene ring substituents is 1. The Morgan fingerprint density at radius 1 is 1.35 bits per heavy atom. The summed E-state index contributed by atoms with van der Waals surface area (Å²) in [6, 6.07) is 6.13. The highest BCUT2D eigenvalue weighted by molar-refractivity contribution is 5.85. The van der Waals surface area contributed by atoms with E-state index in [0.717, 1.165) is 5.56 Å². The summed E-state index contributed by atoms with van der Waals surface area (Å²) >= 11 is 0. The first-order chi connectivity index (χ1) is 8.91. The second-order valence-corrected chi connectivity index (χ2v) is 4.61. The maximum Gasteiger partial charge on any atom is 0.269 e. The molecule has 1 amide bonds. The number of hydrogen-bond donors (Lipinski definition) is 2. The van der Waals surface area contributed by atoms with Gasteiger partial charge in [0.25, 0.3) is 5.69 Å². The van der Waals surface area contributed by atoms with Gasteiger partial charge in [-0.15, -0.1) is 12.4 Å². The van der Waals surface area contributed by atoms with Crippen LogP contribution in [0.1, 0.15) is 19.4 Å². The standard InChI is InChI=1S/C13H19N3O3.ClH/c1-9(10(2)14)13(17)15-8-7-11-3-5-12(6-4-11)16(18)19;/h3-6,9-10H,7-8,14H2,1-2H3,(H,15,17);1H. The fourth-order valence-corrected chi connectivity index (χ4v) is 1.51. The molecule has 0 saturated heterocycles. The topological polar surface area (TPSA) is 98.3 Å². The molecule has 1 aromatic carbocycles. The van der Waals surface area contributed by atoms with E-state index >= 15 is 0 Å². The van der Waals surface area contributed by atoms with Crippen molar-refractivity contribution in [3.05, 3.63) is 39.9 Å². The van der Waals surface area contributed by atoms with Crippen LogP contribution >= 0.6 is 12.4 Å². The molecule has 7 heteroatoms. The van der Waals surface area contributed by atoms with Crippen molar-refractivity contribution in [1.29, 1.82) is 0 Å². The smallest absolute Gasteiger partial charge is 0.269 e. The van der Waals surface area contributed by atoms with E-state index < -0.39 is 4.92 Å². The third-order valence-electron chi connectivity index (χ3n) is 3.06. The Morgan fingerprint density at radius 3 is 2.35 bits per heavy atom. The molecule has 0 aliphatic rings. The number of benzene rings is 1. The largest absolute Gasteiger partial charge is 0.355 e. The number of carbonyl (C=O) groups is 1. The van der Waals surface area contributed by atoms with Gasteiger partial charge in [0, 0.05) is 30.6 Å². The van der Waals surface area contributed by atoms with Crippen molar-refractivity contribution >= 4 is 24.0 Å². The number of rotatable bonds is 6. The summed E-state index contributed by atoms with van der Waals surface area (Å²) in [6.45, 7) is 4.07. The quantitative estimate of drug-likeness (QED) is 0.616. The van der Waals surface area contributed by atoms with E-state index in [1.165, 1.54) is 12.1 Å². The summed E-state index contributed by atoms with van der Waals surface area (Å²) in [6.07, 6.45) is 0.634. The van der Waals surface area contributed by atoms with E-state index in [-0.39, 0.29) is 36.0 Å². The first kappa shape index (κ1) is 18.3. The Balaban J connectivity index is 0.00000361. The van der Waals surface area contributed by atoms with Crippen LogP contribution in [-0.2, 0) is 11.2 Å². The SMILES string of the molecule is CC(N)C(C)C(=O)NCCc1ccc([N+](=O)[O-])cc1.Cl. The van der Waals surface area contributed by atoms with Gasteiger partial charge < -0.3 is 11.1 Å². The number of amides is 1. The van der Waals surface area contributed by atoms with Gasteiger partial charge in [0.1, 0.15) is 0 Å². The lowest BCUT2D eigenvalue weighted by atomic mass is 10.0. The number of carbonyl (C=O) groups excluding carboxylic acids is 1. The Morgan fingerprint density at radius 2 is 1.90 bits per heavy atom. The second-order valence-electron chi connectivity index (χ2n) is 4.61. The molecular weight excluding hydrogens is 282 g/mol. The van der Waals surface area contributed by atoms with Crippen molar-refractivity contribution in [3.8, 4) is 0 Å². The monoisotopic (exact) mass is 301 g/mol. The molecule has 0 spiro atoms. The van der Waals surface area contributed by atoms with Crippen molar-refractivity contribution < 1.29 is 9.72 Å². The van der Waals surface area contributed by atoms with Crippen molar-refractivity contribution in [2.45, 2.75) is 26.3 Å². The number of non-ortho nitro benzene ring substituents is 1. The molecule has 112 valence electrons. The summed E-state index contributed by atoms with van der Waals surface area (Å²) in [5.41, 5.74) is 6.65. The lowest BCUT2D eigenvalue weighted by Crippen LogP contribution is -2.39. The molecule has 0 bridgehead atoms. The second kappa shape index (κ2) is 8.50. The predicted molar refractivity (Wildman–Crippen MR) is 79.9 cm³/mol. The summed E-state index contributed by atoms with van der Waals surface area (Å²) < 4.78 is 0. The maximum absolute atomic E-state index is 11.6. The number of halogens is 1. The van der Waals surface area contributed by atoms with Gasteiger partial charge >= 0.3 is 0 Å². The van der Waals surface area contributed by atoms with Gasteiger partial charge in [-0.1, -0.05) is 19.1 Å². The first-order valence-corrected chi connectivity index (χ1v) is 6.18. The van der Waals surface area contributed by atoms with Crippen LogP contribution < -0.4 is 11.1 Å². The lowest BCUT2D eigenvalue weighted by Gasteiger charge is -2.15. The highest BCUT2D eigenvalue weighted by Crippen LogP contribution is 2.12. The third kappa shape index (κ3) is 5.54.